The maximum Gasteiger partial charge on any atom is 0.199 e. The molecule has 0 N–H and O–H groups in total. The number of nitrogens with zero attached hydrogens (tertiary/aromatic N) is 4. The largest absolute Gasteiger partial charge is 0.493 e. The summed E-state index contributed by atoms with van der Waals surface area (Å²) in [6.07, 6.45) is 6.02. The van der Waals surface area contributed by atoms with Crippen molar-refractivity contribution < 1.29 is 9.47 Å². The van der Waals surface area contributed by atoms with Crippen molar-refractivity contribution in [2.24, 2.45) is 0 Å². The van der Waals surface area contributed by atoms with Gasteiger partial charge in [0.15, 0.2) is 16.3 Å². The Kier molecular flexibility index (Phi) is 4.24. The molecule has 6 nitrogen and oxygen atoms in total. The molecule has 0 radical (unpaired) electrons. The van der Waals surface area contributed by atoms with Crippen molar-refractivity contribution in [1.29, 1.82) is 0 Å². The lowest BCUT2D eigenvalue weighted by Crippen LogP contribution is -2.33. The van der Waals surface area contributed by atoms with Crippen LogP contribution in [0, 0.1) is 4.77 Å². The molecule has 2 heterocycles. The van der Waals surface area contributed by atoms with Gasteiger partial charge in [-0.15, -0.1) is 0 Å². The Labute approximate surface area is 164 Å². The average Bonchev–Trinajstić information content (AvgIpc) is 3.60. The molecule has 0 atom stereocenters. The molecule has 1 aromatic heterocycles. The van der Waals surface area contributed by atoms with E-state index in [2.05, 4.69) is 21.6 Å². The third kappa shape index (κ3) is 3.17. The minimum Gasteiger partial charge on any atom is -0.493 e. The topological polar surface area (TPSA) is 44.5 Å². The summed E-state index contributed by atoms with van der Waals surface area (Å²) in [7, 11) is 3.38. The van der Waals surface area contributed by atoms with Crippen molar-refractivity contribution in [3.05, 3.63) is 33.9 Å². The molecule has 0 amide bonds. The van der Waals surface area contributed by atoms with E-state index >= 15 is 0 Å². The Balaban J connectivity index is 1.39. The van der Waals surface area contributed by atoms with Gasteiger partial charge in [-0.05, 0) is 67.6 Å². The molecule has 1 aromatic carbocycles. The zero-order chi connectivity index (χ0) is 18.5. The van der Waals surface area contributed by atoms with E-state index in [0.717, 1.165) is 42.4 Å². The number of hydrogen-bond acceptors (Lipinski definition) is 5. The summed E-state index contributed by atoms with van der Waals surface area (Å²) < 4.78 is 16.2. The van der Waals surface area contributed by atoms with Crippen LogP contribution >= 0.6 is 12.2 Å². The fourth-order valence-corrected chi connectivity index (χ4v) is 4.42. The third-order valence-corrected chi connectivity index (χ3v) is 6.29. The predicted molar refractivity (Wildman–Crippen MR) is 105 cm³/mol. The van der Waals surface area contributed by atoms with Gasteiger partial charge in [0.2, 0.25) is 0 Å². The lowest BCUT2D eigenvalue weighted by atomic mass is 9.99. The van der Waals surface area contributed by atoms with E-state index in [-0.39, 0.29) is 0 Å². The van der Waals surface area contributed by atoms with Crippen molar-refractivity contribution in [2.75, 3.05) is 20.8 Å². The smallest absolute Gasteiger partial charge is 0.199 e. The molecule has 0 spiro atoms. The quantitative estimate of drug-likeness (QED) is 0.709. The number of ether oxygens (including phenoxy) is 2. The predicted octanol–water partition coefficient (Wildman–Crippen LogP) is 3.66. The highest BCUT2D eigenvalue weighted by atomic mass is 32.1. The number of hydrogen-bond donors (Lipinski definition) is 0. The number of methoxy groups -OCH3 is 2. The fraction of sp³-hybridized carbons (Fsp3) is 0.600. The minimum atomic E-state index is 0.598. The normalized spacial score (nSPS) is 19.8. The summed E-state index contributed by atoms with van der Waals surface area (Å²) in [6.45, 7) is 2.64. The van der Waals surface area contributed by atoms with Crippen LogP contribution in [0.1, 0.15) is 54.6 Å². The Morgan fingerprint density at radius 3 is 2.41 bits per heavy atom. The third-order valence-electron chi connectivity index (χ3n) is 5.88. The van der Waals surface area contributed by atoms with Gasteiger partial charge in [0.05, 0.1) is 20.9 Å². The first kappa shape index (κ1) is 17.3. The van der Waals surface area contributed by atoms with Crippen LogP contribution in [-0.4, -0.2) is 40.0 Å². The lowest BCUT2D eigenvalue weighted by Gasteiger charge is -2.29. The second kappa shape index (κ2) is 6.63. The molecule has 7 heteroatoms. The zero-order valence-electron chi connectivity index (χ0n) is 16.0. The SMILES string of the molecule is COc1cc2c(cc1OC)CN(Cn1nc(C3CC3)n(C3CC3)c1=S)CC2. The van der Waals surface area contributed by atoms with Gasteiger partial charge >= 0.3 is 0 Å². The van der Waals surface area contributed by atoms with Crippen molar-refractivity contribution in [3.8, 4) is 11.5 Å². The molecule has 0 saturated heterocycles. The molecule has 144 valence electrons. The summed E-state index contributed by atoms with van der Waals surface area (Å²) in [6, 6.07) is 4.82. The molecule has 3 aliphatic rings. The van der Waals surface area contributed by atoms with E-state index in [1.807, 2.05) is 4.68 Å². The zero-order valence-corrected chi connectivity index (χ0v) is 16.8. The molecule has 0 unspecified atom stereocenters. The first-order chi connectivity index (χ1) is 13.2. The van der Waals surface area contributed by atoms with E-state index in [9.17, 15) is 0 Å². The van der Waals surface area contributed by atoms with Crippen LogP contribution in [0.15, 0.2) is 12.1 Å². The molecule has 2 aromatic rings. The van der Waals surface area contributed by atoms with Crippen LogP contribution in [0.25, 0.3) is 0 Å². The maximum atomic E-state index is 5.80. The summed E-state index contributed by atoms with van der Waals surface area (Å²) in [5.41, 5.74) is 2.64. The van der Waals surface area contributed by atoms with Gasteiger partial charge in [0, 0.05) is 25.0 Å². The second-order valence-electron chi connectivity index (χ2n) is 7.94. The molecule has 27 heavy (non-hydrogen) atoms. The van der Waals surface area contributed by atoms with Gasteiger partial charge in [0.25, 0.3) is 0 Å². The highest BCUT2D eigenvalue weighted by molar-refractivity contribution is 7.71. The van der Waals surface area contributed by atoms with Crippen LogP contribution in [0.5, 0.6) is 11.5 Å². The highest BCUT2D eigenvalue weighted by Crippen LogP contribution is 2.44. The van der Waals surface area contributed by atoms with Crippen LogP contribution < -0.4 is 9.47 Å². The van der Waals surface area contributed by atoms with Gasteiger partial charge in [0.1, 0.15) is 5.82 Å². The maximum absolute atomic E-state index is 5.80. The van der Waals surface area contributed by atoms with Gasteiger partial charge in [-0.25, -0.2) is 4.68 Å². The van der Waals surface area contributed by atoms with E-state index in [4.69, 9.17) is 26.8 Å². The number of aromatic nitrogens is 3. The number of fused-ring (bicyclic) bond motifs is 1. The van der Waals surface area contributed by atoms with Crippen molar-refractivity contribution >= 4 is 12.2 Å². The fourth-order valence-electron chi connectivity index (χ4n) is 4.08. The van der Waals surface area contributed by atoms with Gasteiger partial charge in [-0.1, -0.05) is 0 Å². The Morgan fingerprint density at radius 1 is 1.07 bits per heavy atom. The van der Waals surface area contributed by atoms with Gasteiger partial charge in [-0.3, -0.25) is 4.90 Å². The highest BCUT2D eigenvalue weighted by Gasteiger charge is 2.36. The van der Waals surface area contributed by atoms with Crippen molar-refractivity contribution in [3.63, 3.8) is 0 Å². The van der Waals surface area contributed by atoms with Gasteiger partial charge < -0.3 is 14.0 Å². The van der Waals surface area contributed by atoms with Crippen molar-refractivity contribution in [2.45, 2.75) is 57.3 Å². The average molecular weight is 387 g/mol. The van der Waals surface area contributed by atoms with Crippen molar-refractivity contribution in [1.82, 2.24) is 19.2 Å². The lowest BCUT2D eigenvalue weighted by molar-refractivity contribution is 0.187. The standard InChI is InChI=1S/C20H26N4O2S/c1-25-17-9-14-7-8-22(11-15(14)10-18(17)26-2)12-23-20(27)24(16-5-6-16)19(21-23)13-3-4-13/h9-10,13,16H,3-8,11-12H2,1-2H3. The molecule has 2 fully saturated rings. The summed E-state index contributed by atoms with van der Waals surface area (Å²) in [4.78, 5) is 2.42. The first-order valence-corrected chi connectivity index (χ1v) is 10.2. The van der Waals surface area contributed by atoms with Crippen LogP contribution in [-0.2, 0) is 19.6 Å². The number of benzene rings is 1. The molecule has 0 bridgehead atoms. The van der Waals surface area contributed by atoms with E-state index in [1.54, 1.807) is 14.2 Å². The Morgan fingerprint density at radius 2 is 1.78 bits per heavy atom. The summed E-state index contributed by atoms with van der Waals surface area (Å²) >= 11 is 5.80. The van der Waals surface area contributed by atoms with Crippen LogP contribution in [0.4, 0.5) is 0 Å². The minimum absolute atomic E-state index is 0.598. The van der Waals surface area contributed by atoms with Crippen LogP contribution in [0.3, 0.4) is 0 Å². The number of rotatable bonds is 6. The monoisotopic (exact) mass is 386 g/mol. The van der Waals surface area contributed by atoms with E-state index < -0.39 is 0 Å². The molecular weight excluding hydrogens is 360 g/mol. The first-order valence-electron chi connectivity index (χ1n) is 9.83. The summed E-state index contributed by atoms with van der Waals surface area (Å²) in [5.74, 6) is 3.46. The molecular formula is C20H26N4O2S. The Hall–Kier alpha value is -1.86. The van der Waals surface area contributed by atoms with Gasteiger partial charge in [-0.2, -0.15) is 5.10 Å². The summed E-state index contributed by atoms with van der Waals surface area (Å²) in [5, 5.41) is 4.93. The van der Waals surface area contributed by atoms with E-state index in [0.29, 0.717) is 12.0 Å². The molecule has 2 saturated carbocycles. The molecule has 2 aliphatic carbocycles. The van der Waals surface area contributed by atoms with E-state index in [1.165, 1.54) is 42.6 Å². The molecule has 1 aliphatic heterocycles. The van der Waals surface area contributed by atoms with Crippen LogP contribution in [0.2, 0.25) is 0 Å². The second-order valence-corrected chi connectivity index (χ2v) is 8.30. The Bertz CT molecular complexity index is 927. The molecule has 5 rings (SSSR count).